The summed E-state index contributed by atoms with van der Waals surface area (Å²) in [5.41, 5.74) is 0.995. The Morgan fingerprint density at radius 3 is 3.00 bits per heavy atom. The summed E-state index contributed by atoms with van der Waals surface area (Å²) in [7, 11) is 0. The predicted octanol–water partition coefficient (Wildman–Crippen LogP) is 2.07. The van der Waals surface area contributed by atoms with E-state index in [1.54, 1.807) is 11.8 Å². The zero-order chi connectivity index (χ0) is 14.9. The van der Waals surface area contributed by atoms with Gasteiger partial charge in [-0.2, -0.15) is 0 Å². The van der Waals surface area contributed by atoms with Crippen LogP contribution in [0.25, 0.3) is 0 Å². The van der Waals surface area contributed by atoms with Crippen LogP contribution in [0, 0.1) is 0 Å². The highest BCUT2D eigenvalue weighted by Gasteiger charge is 2.46. The first-order valence-electron chi connectivity index (χ1n) is 7.29. The molecule has 1 saturated carbocycles. The summed E-state index contributed by atoms with van der Waals surface area (Å²) in [6.45, 7) is 4.57. The molecule has 5 nitrogen and oxygen atoms in total. The molecule has 1 aromatic heterocycles. The van der Waals surface area contributed by atoms with Gasteiger partial charge in [0.25, 0.3) is 0 Å². The van der Waals surface area contributed by atoms with Crippen LogP contribution in [0.3, 0.4) is 0 Å². The molecular formula is C14H20ClN3O2S. The molecule has 2 heterocycles. The van der Waals surface area contributed by atoms with E-state index in [2.05, 4.69) is 27.9 Å². The van der Waals surface area contributed by atoms with Crippen LogP contribution in [-0.2, 0) is 9.48 Å². The lowest BCUT2D eigenvalue weighted by Crippen LogP contribution is -2.44. The van der Waals surface area contributed by atoms with Crippen molar-refractivity contribution in [3.05, 3.63) is 17.0 Å². The molecule has 0 amide bonds. The fraction of sp³-hybridized carbons (Fsp3) is 0.714. The lowest BCUT2D eigenvalue weighted by atomic mass is 10.2. The third-order valence-electron chi connectivity index (χ3n) is 3.99. The van der Waals surface area contributed by atoms with Gasteiger partial charge in [0.05, 0.1) is 36.3 Å². The second kappa shape index (κ2) is 6.28. The van der Waals surface area contributed by atoms with Gasteiger partial charge in [-0.15, -0.1) is 11.8 Å². The molecule has 7 heteroatoms. The molecule has 2 fully saturated rings. The lowest BCUT2D eigenvalue weighted by Gasteiger charge is -2.34. The summed E-state index contributed by atoms with van der Waals surface area (Å²) in [5.74, 6) is 1.61. The van der Waals surface area contributed by atoms with E-state index in [-0.39, 0.29) is 17.4 Å². The molecule has 21 heavy (non-hydrogen) atoms. The molecule has 1 aliphatic carbocycles. The Labute approximate surface area is 134 Å². The van der Waals surface area contributed by atoms with Crippen molar-refractivity contribution in [2.75, 3.05) is 37.0 Å². The fourth-order valence-corrected chi connectivity index (χ4v) is 3.99. The average molecular weight is 330 g/mol. The number of aliphatic hydroxyl groups excluding tert-OH is 1. The second-order valence-electron chi connectivity index (χ2n) is 5.56. The maximum Gasteiger partial charge on any atom is 0.224 e. The number of aromatic nitrogens is 2. The number of nitrogens with zero attached hydrogens (tertiary/aromatic N) is 3. The van der Waals surface area contributed by atoms with Crippen molar-refractivity contribution in [3.63, 3.8) is 0 Å². The summed E-state index contributed by atoms with van der Waals surface area (Å²) in [6.07, 6.45) is 2.17. The van der Waals surface area contributed by atoms with Crippen LogP contribution in [0.15, 0.2) is 6.07 Å². The molecule has 1 atom stereocenters. The molecule has 0 aromatic carbocycles. The van der Waals surface area contributed by atoms with Crippen molar-refractivity contribution >= 4 is 29.2 Å². The number of ether oxygens (including phenoxy) is 1. The van der Waals surface area contributed by atoms with Crippen molar-refractivity contribution in [1.29, 1.82) is 0 Å². The smallest absolute Gasteiger partial charge is 0.224 e. The SMILES string of the molecule is C[C@H]1COCCN1c1cc(C2(SCCO)CC2)nc(Cl)n1. The highest BCUT2D eigenvalue weighted by Crippen LogP contribution is 2.56. The van der Waals surface area contributed by atoms with Crippen LogP contribution >= 0.6 is 23.4 Å². The Morgan fingerprint density at radius 2 is 2.33 bits per heavy atom. The summed E-state index contributed by atoms with van der Waals surface area (Å²) in [5, 5.41) is 9.35. The minimum absolute atomic E-state index is 0.0274. The van der Waals surface area contributed by atoms with E-state index in [0.29, 0.717) is 18.5 Å². The molecule has 0 radical (unpaired) electrons. The number of thioether (sulfide) groups is 1. The number of rotatable bonds is 5. The number of aliphatic hydroxyl groups is 1. The monoisotopic (exact) mass is 329 g/mol. The summed E-state index contributed by atoms with van der Waals surface area (Å²) in [4.78, 5) is 11.1. The summed E-state index contributed by atoms with van der Waals surface area (Å²) >= 11 is 7.91. The standard InChI is InChI=1S/C14H20ClN3O2S/c1-10-9-20-6-4-18(10)12-8-11(16-13(15)17-12)14(2-3-14)21-7-5-19/h8,10,19H,2-7,9H2,1H3/t10-/m0/s1. The van der Waals surface area contributed by atoms with Gasteiger partial charge in [-0.3, -0.25) is 0 Å². The molecule has 2 aliphatic rings. The molecular weight excluding hydrogens is 310 g/mol. The normalized spacial score (nSPS) is 24.1. The minimum atomic E-state index is 0.0274. The molecule has 0 unspecified atom stereocenters. The zero-order valence-electron chi connectivity index (χ0n) is 12.1. The fourth-order valence-electron chi connectivity index (χ4n) is 2.68. The Kier molecular flexibility index (Phi) is 4.59. The number of morpholine rings is 1. The van der Waals surface area contributed by atoms with Crippen molar-refractivity contribution in [1.82, 2.24) is 9.97 Å². The number of hydrogen-bond donors (Lipinski definition) is 1. The van der Waals surface area contributed by atoms with Crippen LogP contribution in [0.5, 0.6) is 0 Å². The van der Waals surface area contributed by atoms with Crippen LogP contribution in [0.4, 0.5) is 5.82 Å². The maximum absolute atomic E-state index is 9.05. The van der Waals surface area contributed by atoms with E-state index >= 15 is 0 Å². The third kappa shape index (κ3) is 3.28. The molecule has 1 N–H and O–H groups in total. The number of halogens is 1. The second-order valence-corrected chi connectivity index (χ2v) is 7.38. The van der Waals surface area contributed by atoms with Crippen molar-refractivity contribution < 1.29 is 9.84 Å². The van der Waals surface area contributed by atoms with E-state index < -0.39 is 0 Å². The van der Waals surface area contributed by atoms with E-state index in [4.69, 9.17) is 21.4 Å². The van der Waals surface area contributed by atoms with Gasteiger partial charge in [0.15, 0.2) is 0 Å². The van der Waals surface area contributed by atoms with Crippen LogP contribution in [0.2, 0.25) is 5.28 Å². The zero-order valence-corrected chi connectivity index (χ0v) is 13.7. The quantitative estimate of drug-likeness (QED) is 0.835. The predicted molar refractivity (Wildman–Crippen MR) is 85.1 cm³/mol. The topological polar surface area (TPSA) is 58.5 Å². The van der Waals surface area contributed by atoms with Gasteiger partial charge in [0.2, 0.25) is 5.28 Å². The highest BCUT2D eigenvalue weighted by molar-refractivity contribution is 8.00. The first-order chi connectivity index (χ1) is 10.1. The first kappa shape index (κ1) is 15.3. The van der Waals surface area contributed by atoms with Gasteiger partial charge in [-0.05, 0) is 31.4 Å². The van der Waals surface area contributed by atoms with Gasteiger partial charge in [-0.25, -0.2) is 9.97 Å². The Morgan fingerprint density at radius 1 is 1.52 bits per heavy atom. The largest absolute Gasteiger partial charge is 0.396 e. The van der Waals surface area contributed by atoms with Gasteiger partial charge < -0.3 is 14.7 Å². The molecule has 1 aromatic rings. The number of hydrogen-bond acceptors (Lipinski definition) is 6. The van der Waals surface area contributed by atoms with Gasteiger partial charge >= 0.3 is 0 Å². The Balaban J connectivity index is 1.86. The van der Waals surface area contributed by atoms with Crippen LogP contribution in [-0.4, -0.2) is 53.2 Å². The molecule has 0 spiro atoms. The van der Waals surface area contributed by atoms with Gasteiger partial charge in [0, 0.05) is 18.4 Å². The van der Waals surface area contributed by atoms with Crippen LogP contribution < -0.4 is 4.90 Å². The average Bonchev–Trinajstić information content (AvgIpc) is 3.26. The summed E-state index contributed by atoms with van der Waals surface area (Å²) in [6, 6.07) is 2.35. The van der Waals surface area contributed by atoms with Gasteiger partial charge in [0.1, 0.15) is 5.82 Å². The Hall–Kier alpha value is -0.560. The van der Waals surface area contributed by atoms with E-state index in [1.165, 1.54) is 0 Å². The van der Waals surface area contributed by atoms with E-state index in [1.807, 2.05) is 0 Å². The van der Waals surface area contributed by atoms with Gasteiger partial charge in [-0.1, -0.05) is 0 Å². The molecule has 1 aliphatic heterocycles. The molecule has 116 valence electrons. The number of anilines is 1. The Bertz CT molecular complexity index is 513. The maximum atomic E-state index is 9.05. The first-order valence-corrected chi connectivity index (χ1v) is 8.65. The summed E-state index contributed by atoms with van der Waals surface area (Å²) < 4.78 is 5.50. The molecule has 1 saturated heterocycles. The van der Waals surface area contributed by atoms with Crippen LogP contribution in [0.1, 0.15) is 25.5 Å². The van der Waals surface area contributed by atoms with E-state index in [9.17, 15) is 0 Å². The van der Waals surface area contributed by atoms with Crippen molar-refractivity contribution in [3.8, 4) is 0 Å². The lowest BCUT2D eigenvalue weighted by molar-refractivity contribution is 0.0985. The highest BCUT2D eigenvalue weighted by atomic mass is 35.5. The molecule has 3 rings (SSSR count). The van der Waals surface area contributed by atoms with Crippen molar-refractivity contribution in [2.45, 2.75) is 30.6 Å². The van der Waals surface area contributed by atoms with E-state index in [0.717, 1.165) is 36.7 Å². The minimum Gasteiger partial charge on any atom is -0.396 e. The van der Waals surface area contributed by atoms with Crippen molar-refractivity contribution in [2.24, 2.45) is 0 Å². The third-order valence-corrected chi connectivity index (χ3v) is 5.71. The molecule has 0 bridgehead atoms.